The Kier molecular flexibility index (Phi) is 8.63. The number of hydrogen-bond acceptors (Lipinski definition) is 5. The molecular formula is C24H31N3O5. The van der Waals surface area contributed by atoms with Crippen LogP contribution in [0.5, 0.6) is 5.75 Å². The van der Waals surface area contributed by atoms with Crippen LogP contribution >= 0.6 is 0 Å². The summed E-state index contributed by atoms with van der Waals surface area (Å²) in [5.74, 6) is -0.0482. The van der Waals surface area contributed by atoms with Gasteiger partial charge in [0.1, 0.15) is 11.4 Å². The summed E-state index contributed by atoms with van der Waals surface area (Å²) < 4.78 is 10.7. The number of para-hydroxylation sites is 2. The van der Waals surface area contributed by atoms with Gasteiger partial charge in [0.25, 0.3) is 5.91 Å². The summed E-state index contributed by atoms with van der Waals surface area (Å²) >= 11 is 0. The van der Waals surface area contributed by atoms with Crippen LogP contribution in [0.25, 0.3) is 0 Å². The number of nitrogens with one attached hydrogen (secondary N) is 3. The number of amides is 3. The Morgan fingerprint density at radius 3 is 2.09 bits per heavy atom. The van der Waals surface area contributed by atoms with E-state index >= 15 is 0 Å². The first-order valence-electron chi connectivity index (χ1n) is 10.4. The van der Waals surface area contributed by atoms with Gasteiger partial charge >= 0.3 is 6.09 Å². The Balaban J connectivity index is 1.84. The van der Waals surface area contributed by atoms with E-state index in [-0.39, 0.29) is 31.4 Å². The van der Waals surface area contributed by atoms with Crippen molar-refractivity contribution in [1.82, 2.24) is 5.32 Å². The molecule has 2 rings (SSSR count). The van der Waals surface area contributed by atoms with E-state index in [1.807, 2.05) is 32.0 Å². The summed E-state index contributed by atoms with van der Waals surface area (Å²) in [5, 5.41) is 8.02. The van der Waals surface area contributed by atoms with Gasteiger partial charge in [0, 0.05) is 13.0 Å². The molecule has 0 atom stereocenters. The molecule has 172 valence electrons. The van der Waals surface area contributed by atoms with E-state index in [4.69, 9.17) is 9.47 Å². The number of aryl methyl sites for hydroxylation is 2. The van der Waals surface area contributed by atoms with E-state index < -0.39 is 11.7 Å². The first-order valence-corrected chi connectivity index (χ1v) is 10.4. The Morgan fingerprint density at radius 2 is 1.50 bits per heavy atom. The van der Waals surface area contributed by atoms with E-state index in [1.165, 1.54) is 0 Å². The van der Waals surface area contributed by atoms with E-state index in [9.17, 15) is 14.4 Å². The number of alkyl carbamates (subject to hydrolysis) is 1. The van der Waals surface area contributed by atoms with Crippen LogP contribution in [0.4, 0.5) is 16.2 Å². The molecule has 0 aliphatic heterocycles. The maximum Gasteiger partial charge on any atom is 0.407 e. The number of anilines is 2. The molecule has 0 saturated carbocycles. The molecule has 3 amide bonds. The first kappa shape index (κ1) is 24.7. The normalized spacial score (nSPS) is 10.8. The van der Waals surface area contributed by atoms with Gasteiger partial charge in [-0.25, -0.2) is 4.79 Å². The molecule has 0 aromatic heterocycles. The van der Waals surface area contributed by atoms with Gasteiger partial charge in [0.2, 0.25) is 5.91 Å². The lowest BCUT2D eigenvalue weighted by atomic mass is 10.1. The second-order valence-electron chi connectivity index (χ2n) is 8.36. The van der Waals surface area contributed by atoms with Crippen molar-refractivity contribution in [3.8, 4) is 5.75 Å². The summed E-state index contributed by atoms with van der Waals surface area (Å²) in [6, 6.07) is 12.5. The molecular weight excluding hydrogens is 410 g/mol. The maximum absolute atomic E-state index is 12.3. The minimum Gasteiger partial charge on any atom is -0.484 e. The molecule has 0 radical (unpaired) electrons. The molecule has 0 fully saturated rings. The maximum atomic E-state index is 12.3. The summed E-state index contributed by atoms with van der Waals surface area (Å²) in [6.07, 6.45) is -0.529. The molecule has 0 spiro atoms. The minimum absolute atomic E-state index is 0.0530. The molecule has 2 aromatic rings. The molecule has 0 aliphatic carbocycles. The number of carbonyl (C=O) groups excluding carboxylic acids is 3. The summed E-state index contributed by atoms with van der Waals surface area (Å²) in [7, 11) is 0. The zero-order valence-electron chi connectivity index (χ0n) is 19.2. The Hall–Kier alpha value is -3.55. The third kappa shape index (κ3) is 8.67. The van der Waals surface area contributed by atoms with Gasteiger partial charge in [0.05, 0.1) is 11.4 Å². The molecule has 0 unspecified atom stereocenters. The zero-order valence-corrected chi connectivity index (χ0v) is 19.2. The fraction of sp³-hybridized carbons (Fsp3) is 0.375. The third-order valence-corrected chi connectivity index (χ3v) is 4.34. The highest BCUT2D eigenvalue weighted by Crippen LogP contribution is 2.21. The fourth-order valence-electron chi connectivity index (χ4n) is 2.64. The van der Waals surface area contributed by atoms with E-state index in [0.717, 1.165) is 11.1 Å². The quantitative estimate of drug-likeness (QED) is 0.570. The highest BCUT2D eigenvalue weighted by molar-refractivity contribution is 6.00. The lowest BCUT2D eigenvalue weighted by Gasteiger charge is -2.19. The largest absolute Gasteiger partial charge is 0.484 e. The van der Waals surface area contributed by atoms with Crippen molar-refractivity contribution in [3.05, 3.63) is 53.6 Å². The molecule has 8 heteroatoms. The van der Waals surface area contributed by atoms with Crippen LogP contribution in [0.1, 0.15) is 38.3 Å². The number of hydrogen-bond donors (Lipinski definition) is 3. The van der Waals surface area contributed by atoms with Gasteiger partial charge < -0.3 is 25.4 Å². The van der Waals surface area contributed by atoms with E-state index in [1.54, 1.807) is 45.0 Å². The molecule has 0 aliphatic rings. The van der Waals surface area contributed by atoms with E-state index in [0.29, 0.717) is 17.1 Å². The molecule has 3 N–H and O–H groups in total. The Bertz CT molecular complexity index is 966. The molecule has 0 saturated heterocycles. The molecule has 2 aromatic carbocycles. The van der Waals surface area contributed by atoms with Crippen molar-refractivity contribution in [3.63, 3.8) is 0 Å². The lowest BCUT2D eigenvalue weighted by molar-refractivity contribution is -0.118. The molecule has 32 heavy (non-hydrogen) atoms. The van der Waals surface area contributed by atoms with Crippen molar-refractivity contribution in [1.29, 1.82) is 0 Å². The van der Waals surface area contributed by atoms with Crippen LogP contribution in [0.3, 0.4) is 0 Å². The monoisotopic (exact) mass is 441 g/mol. The van der Waals surface area contributed by atoms with Gasteiger partial charge in [-0.05, 0) is 70.0 Å². The predicted molar refractivity (Wildman–Crippen MR) is 124 cm³/mol. The lowest BCUT2D eigenvalue weighted by Crippen LogP contribution is -2.34. The smallest absolute Gasteiger partial charge is 0.407 e. The van der Waals surface area contributed by atoms with E-state index in [2.05, 4.69) is 16.0 Å². The number of rotatable bonds is 8. The minimum atomic E-state index is -0.606. The van der Waals surface area contributed by atoms with Gasteiger partial charge in [-0.15, -0.1) is 0 Å². The summed E-state index contributed by atoms with van der Waals surface area (Å²) in [4.78, 5) is 36.2. The van der Waals surface area contributed by atoms with Gasteiger partial charge in [0.15, 0.2) is 6.61 Å². The van der Waals surface area contributed by atoms with Crippen LogP contribution in [-0.2, 0) is 14.3 Å². The van der Waals surface area contributed by atoms with Crippen molar-refractivity contribution in [2.24, 2.45) is 0 Å². The Labute approximate surface area is 188 Å². The topological polar surface area (TPSA) is 106 Å². The van der Waals surface area contributed by atoms with Crippen LogP contribution in [0.15, 0.2) is 42.5 Å². The van der Waals surface area contributed by atoms with Crippen LogP contribution in [0.2, 0.25) is 0 Å². The zero-order chi connectivity index (χ0) is 23.7. The number of benzene rings is 2. The number of carbonyl (C=O) groups is 3. The van der Waals surface area contributed by atoms with Crippen molar-refractivity contribution in [2.45, 2.75) is 46.6 Å². The van der Waals surface area contributed by atoms with Crippen molar-refractivity contribution in [2.75, 3.05) is 23.8 Å². The van der Waals surface area contributed by atoms with Crippen LogP contribution in [0, 0.1) is 13.8 Å². The predicted octanol–water partition coefficient (Wildman–Crippen LogP) is 4.17. The van der Waals surface area contributed by atoms with Crippen molar-refractivity contribution < 1.29 is 23.9 Å². The SMILES string of the molecule is Cc1ccc(OCC(=O)Nc2ccccc2NC(=O)CCNC(=O)OC(C)(C)C)cc1C. The van der Waals surface area contributed by atoms with Crippen LogP contribution in [-0.4, -0.2) is 36.7 Å². The third-order valence-electron chi connectivity index (χ3n) is 4.34. The van der Waals surface area contributed by atoms with Gasteiger partial charge in [-0.1, -0.05) is 18.2 Å². The number of ether oxygens (including phenoxy) is 2. The Morgan fingerprint density at radius 1 is 0.875 bits per heavy atom. The average molecular weight is 442 g/mol. The summed E-state index contributed by atoms with van der Waals surface area (Å²) in [6.45, 7) is 9.23. The van der Waals surface area contributed by atoms with Crippen molar-refractivity contribution >= 4 is 29.3 Å². The second-order valence-corrected chi connectivity index (χ2v) is 8.36. The van der Waals surface area contributed by atoms with Crippen LogP contribution < -0.4 is 20.7 Å². The molecule has 0 heterocycles. The highest BCUT2D eigenvalue weighted by atomic mass is 16.6. The standard InChI is InChI=1S/C24H31N3O5/c1-16-10-11-18(14-17(16)2)31-15-22(29)27-20-9-7-6-8-19(20)26-21(28)12-13-25-23(30)32-24(3,4)5/h6-11,14H,12-13,15H2,1-5H3,(H,25,30)(H,26,28)(H,27,29). The second kappa shape index (κ2) is 11.2. The van der Waals surface area contributed by atoms with Gasteiger partial charge in [-0.3, -0.25) is 9.59 Å². The highest BCUT2D eigenvalue weighted by Gasteiger charge is 2.16. The van der Waals surface area contributed by atoms with Gasteiger partial charge in [-0.2, -0.15) is 0 Å². The molecule has 0 bridgehead atoms. The fourth-order valence-corrected chi connectivity index (χ4v) is 2.64. The first-order chi connectivity index (χ1) is 15.0. The molecule has 8 nitrogen and oxygen atoms in total. The average Bonchev–Trinajstić information content (AvgIpc) is 2.69. The summed E-state index contributed by atoms with van der Waals surface area (Å²) in [5.41, 5.74) is 2.53.